The number of hydrogen-bond donors (Lipinski definition) is 3. The van der Waals surface area contributed by atoms with Gasteiger partial charge in [-0.25, -0.2) is 9.59 Å². The molecule has 5 rings (SSSR count). The number of amides is 2. The first-order valence-corrected chi connectivity index (χ1v) is 13.8. The van der Waals surface area contributed by atoms with E-state index in [9.17, 15) is 19.5 Å². The Hall–Kier alpha value is -4.66. The smallest absolute Gasteiger partial charge is 0.411 e. The van der Waals surface area contributed by atoms with Crippen LogP contribution in [0.15, 0.2) is 97.1 Å². The van der Waals surface area contributed by atoms with Gasteiger partial charge >= 0.3 is 12.1 Å². The quantitative estimate of drug-likeness (QED) is 0.196. The normalized spacial score (nSPS) is 13.4. The first-order valence-electron chi connectivity index (χ1n) is 13.4. The van der Waals surface area contributed by atoms with E-state index in [0.29, 0.717) is 0 Å². The van der Waals surface area contributed by atoms with E-state index >= 15 is 0 Å². The number of anilines is 1. The Kier molecular flexibility index (Phi) is 8.85. The van der Waals surface area contributed by atoms with Crippen LogP contribution in [-0.4, -0.2) is 41.8 Å². The molecule has 0 aromatic heterocycles. The fraction of sp³-hybridized carbons (Fsp3) is 0.182. The van der Waals surface area contributed by atoms with Crippen LogP contribution in [0.1, 0.15) is 39.9 Å². The van der Waals surface area contributed by atoms with Crippen molar-refractivity contribution in [3.63, 3.8) is 0 Å². The Morgan fingerprint density at radius 3 is 2.14 bits per heavy atom. The summed E-state index contributed by atoms with van der Waals surface area (Å²) in [5, 5.41) is 15.0. The lowest BCUT2D eigenvalue weighted by Crippen LogP contribution is -2.48. The highest BCUT2D eigenvalue weighted by Gasteiger charge is 2.30. The van der Waals surface area contributed by atoms with Crippen molar-refractivity contribution in [3.05, 3.63) is 124 Å². The zero-order chi connectivity index (χ0) is 29.6. The number of nitrogens with one attached hydrogen (secondary N) is 2. The van der Waals surface area contributed by atoms with Gasteiger partial charge in [0.1, 0.15) is 6.61 Å². The molecule has 4 aromatic carbocycles. The number of carboxylic acids is 1. The Labute approximate surface area is 248 Å². The summed E-state index contributed by atoms with van der Waals surface area (Å²) in [6.07, 6.45) is -1.54. The number of benzene rings is 4. The third-order valence-electron chi connectivity index (χ3n) is 7.13. The molecule has 0 aliphatic heterocycles. The van der Waals surface area contributed by atoms with Gasteiger partial charge in [0.15, 0.2) is 6.04 Å². The molecule has 4 aromatic rings. The predicted molar refractivity (Wildman–Crippen MR) is 160 cm³/mol. The fourth-order valence-corrected chi connectivity index (χ4v) is 5.28. The van der Waals surface area contributed by atoms with Gasteiger partial charge in [-0.05, 0) is 52.9 Å². The summed E-state index contributed by atoms with van der Waals surface area (Å²) in [5.74, 6) is -2.04. The van der Waals surface area contributed by atoms with Crippen LogP contribution < -0.4 is 10.6 Å². The monoisotopic (exact) mass is 584 g/mol. The molecule has 1 aliphatic rings. The molecule has 0 bridgehead atoms. The van der Waals surface area contributed by atoms with E-state index in [1.165, 1.54) is 18.2 Å². The summed E-state index contributed by atoms with van der Waals surface area (Å²) in [6, 6.07) is 28.3. The fourth-order valence-electron chi connectivity index (χ4n) is 5.05. The molecule has 0 saturated carbocycles. The van der Waals surface area contributed by atoms with Crippen LogP contribution in [-0.2, 0) is 20.9 Å². The van der Waals surface area contributed by atoms with Crippen LogP contribution in [0.25, 0.3) is 11.1 Å². The van der Waals surface area contributed by atoms with E-state index < -0.39 is 30.1 Å². The highest BCUT2D eigenvalue weighted by molar-refractivity contribution is 6.31. The number of rotatable bonds is 10. The first-order chi connectivity index (χ1) is 20.3. The zero-order valence-corrected chi connectivity index (χ0v) is 23.5. The molecule has 0 fully saturated rings. The van der Waals surface area contributed by atoms with Crippen LogP contribution >= 0.6 is 11.6 Å². The molecule has 3 N–H and O–H groups in total. The standard InChI is InChI=1S/C33H29ClN2O6/c1-20(41-18-21-9-3-2-4-10-21)30(32(38)39)36-31(37)22-15-23(34)17-24(16-22)35-33(40)42-19-29-27-13-7-5-11-25(27)26-12-6-8-14-28(26)29/h2-17,20,29-30H,18-19H2,1H3,(H,35,40)(H,36,37)(H,38,39). The molecule has 8 nitrogen and oxygen atoms in total. The number of ether oxygens (including phenoxy) is 2. The minimum absolute atomic E-state index is 0.0676. The second kappa shape index (κ2) is 12.9. The van der Waals surface area contributed by atoms with Crippen molar-refractivity contribution < 1.29 is 29.0 Å². The van der Waals surface area contributed by atoms with Crippen molar-refractivity contribution in [2.75, 3.05) is 11.9 Å². The van der Waals surface area contributed by atoms with Gasteiger partial charge in [0, 0.05) is 22.2 Å². The van der Waals surface area contributed by atoms with Crippen LogP contribution in [0.2, 0.25) is 5.02 Å². The van der Waals surface area contributed by atoms with Crippen LogP contribution in [0, 0.1) is 0 Å². The van der Waals surface area contributed by atoms with Crippen LogP contribution in [0.5, 0.6) is 0 Å². The summed E-state index contributed by atoms with van der Waals surface area (Å²) in [6.45, 7) is 1.88. The van der Waals surface area contributed by atoms with Gasteiger partial charge in [0.2, 0.25) is 0 Å². The minimum atomic E-state index is -1.32. The van der Waals surface area contributed by atoms with E-state index in [4.69, 9.17) is 21.1 Å². The SMILES string of the molecule is CC(OCc1ccccc1)C(NC(=O)c1cc(Cl)cc(NC(=O)OCC2c3ccccc3-c3ccccc32)c1)C(=O)O. The van der Waals surface area contributed by atoms with E-state index in [1.54, 1.807) is 6.92 Å². The third kappa shape index (κ3) is 6.62. The van der Waals surface area contributed by atoms with Gasteiger partial charge in [-0.3, -0.25) is 10.1 Å². The van der Waals surface area contributed by atoms with Gasteiger partial charge in [-0.15, -0.1) is 0 Å². The van der Waals surface area contributed by atoms with Crippen molar-refractivity contribution >= 4 is 35.3 Å². The number of halogens is 1. The molecule has 9 heteroatoms. The summed E-state index contributed by atoms with van der Waals surface area (Å²) in [5.41, 5.74) is 5.58. The lowest BCUT2D eigenvalue weighted by atomic mass is 9.98. The molecule has 2 atom stereocenters. The molecule has 0 spiro atoms. The van der Waals surface area contributed by atoms with Crippen molar-refractivity contribution in [2.45, 2.75) is 31.6 Å². The van der Waals surface area contributed by atoms with E-state index in [-0.39, 0.29) is 35.4 Å². The first kappa shape index (κ1) is 28.9. The largest absolute Gasteiger partial charge is 0.480 e. The highest BCUT2D eigenvalue weighted by atomic mass is 35.5. The predicted octanol–water partition coefficient (Wildman–Crippen LogP) is 6.49. The molecular weight excluding hydrogens is 556 g/mol. The number of fused-ring (bicyclic) bond motifs is 3. The van der Waals surface area contributed by atoms with Crippen molar-refractivity contribution in [1.82, 2.24) is 5.32 Å². The van der Waals surface area contributed by atoms with Crippen molar-refractivity contribution in [1.29, 1.82) is 0 Å². The van der Waals surface area contributed by atoms with E-state index in [1.807, 2.05) is 66.7 Å². The van der Waals surface area contributed by atoms with E-state index in [0.717, 1.165) is 27.8 Å². The molecule has 1 aliphatic carbocycles. The second-order valence-electron chi connectivity index (χ2n) is 9.97. The van der Waals surface area contributed by atoms with Crippen LogP contribution in [0.4, 0.5) is 10.5 Å². The van der Waals surface area contributed by atoms with Gasteiger partial charge in [0.05, 0.1) is 12.7 Å². The van der Waals surface area contributed by atoms with Gasteiger partial charge in [0.25, 0.3) is 5.91 Å². The Balaban J connectivity index is 1.21. The molecule has 42 heavy (non-hydrogen) atoms. The average Bonchev–Trinajstić information content (AvgIpc) is 3.31. The minimum Gasteiger partial charge on any atom is -0.480 e. The number of aliphatic carboxylic acids is 1. The maximum Gasteiger partial charge on any atom is 0.411 e. The number of carbonyl (C=O) groups is 3. The van der Waals surface area contributed by atoms with Crippen molar-refractivity contribution in [3.8, 4) is 11.1 Å². The molecule has 2 amide bonds. The Bertz CT molecular complexity index is 1560. The number of carbonyl (C=O) groups excluding carboxylic acids is 2. The number of hydrogen-bond acceptors (Lipinski definition) is 5. The van der Waals surface area contributed by atoms with Gasteiger partial charge in [-0.1, -0.05) is 90.5 Å². The lowest BCUT2D eigenvalue weighted by Gasteiger charge is -2.22. The van der Waals surface area contributed by atoms with Crippen molar-refractivity contribution in [2.24, 2.45) is 0 Å². The highest BCUT2D eigenvalue weighted by Crippen LogP contribution is 2.44. The third-order valence-corrected chi connectivity index (χ3v) is 7.35. The van der Waals surface area contributed by atoms with Gasteiger partial charge < -0.3 is 19.9 Å². The molecule has 0 heterocycles. The molecule has 2 unspecified atom stereocenters. The molecule has 214 valence electrons. The summed E-state index contributed by atoms with van der Waals surface area (Å²) in [4.78, 5) is 37.7. The molecule has 0 saturated heterocycles. The maximum absolute atomic E-state index is 13.0. The summed E-state index contributed by atoms with van der Waals surface area (Å²) >= 11 is 6.24. The second-order valence-corrected chi connectivity index (χ2v) is 10.4. The topological polar surface area (TPSA) is 114 Å². The van der Waals surface area contributed by atoms with E-state index in [2.05, 4.69) is 22.8 Å². The average molecular weight is 585 g/mol. The lowest BCUT2D eigenvalue weighted by molar-refractivity contribution is -0.143. The number of carboxylic acid groups (broad SMARTS) is 1. The van der Waals surface area contributed by atoms with Crippen LogP contribution in [0.3, 0.4) is 0 Å². The zero-order valence-electron chi connectivity index (χ0n) is 22.8. The summed E-state index contributed by atoms with van der Waals surface area (Å²) in [7, 11) is 0. The maximum atomic E-state index is 13.0. The Morgan fingerprint density at radius 1 is 0.881 bits per heavy atom. The summed E-state index contributed by atoms with van der Waals surface area (Å²) < 4.78 is 11.3. The Morgan fingerprint density at radius 2 is 1.50 bits per heavy atom. The molecule has 0 radical (unpaired) electrons. The molecular formula is C33H29ClN2O6. The van der Waals surface area contributed by atoms with Gasteiger partial charge in [-0.2, -0.15) is 0 Å².